The molecule has 1 heterocycles. The van der Waals surface area contributed by atoms with Gasteiger partial charge in [0.1, 0.15) is 17.5 Å². The van der Waals surface area contributed by atoms with Gasteiger partial charge in [0.2, 0.25) is 5.95 Å². The largest absolute Gasteiger partial charge is 0.421 e. The van der Waals surface area contributed by atoms with Gasteiger partial charge in [-0.1, -0.05) is 12.1 Å². The van der Waals surface area contributed by atoms with Crippen LogP contribution < -0.4 is 10.6 Å². The fourth-order valence-corrected chi connectivity index (χ4v) is 1.65. The highest BCUT2D eigenvalue weighted by atomic mass is 19.4. The first-order valence-electron chi connectivity index (χ1n) is 5.84. The van der Waals surface area contributed by atoms with Gasteiger partial charge >= 0.3 is 6.18 Å². The average Bonchev–Trinajstić information content (AvgIpc) is 2.46. The summed E-state index contributed by atoms with van der Waals surface area (Å²) in [6.07, 6.45) is -3.85. The summed E-state index contributed by atoms with van der Waals surface area (Å²) in [5.74, 6) is -0.371. The van der Waals surface area contributed by atoms with Crippen molar-refractivity contribution < 1.29 is 13.2 Å². The third-order valence-corrected chi connectivity index (χ3v) is 2.62. The first kappa shape index (κ1) is 14.6. The normalized spacial score (nSPS) is 10.8. The number of anilines is 3. The van der Waals surface area contributed by atoms with Gasteiger partial charge in [-0.25, -0.2) is 4.98 Å². The zero-order valence-electron chi connectivity index (χ0n) is 10.9. The van der Waals surface area contributed by atoms with Crippen molar-refractivity contribution in [2.24, 2.45) is 0 Å². The van der Waals surface area contributed by atoms with Crippen molar-refractivity contribution in [2.75, 3.05) is 17.7 Å². The summed E-state index contributed by atoms with van der Waals surface area (Å²) in [5, 5.41) is 14.1. The zero-order chi connectivity index (χ0) is 15.5. The molecule has 0 aliphatic rings. The van der Waals surface area contributed by atoms with E-state index in [1.54, 1.807) is 24.3 Å². The Morgan fingerprint density at radius 3 is 2.57 bits per heavy atom. The molecule has 108 valence electrons. The lowest BCUT2D eigenvalue weighted by molar-refractivity contribution is -0.137. The second-order valence-corrected chi connectivity index (χ2v) is 3.99. The van der Waals surface area contributed by atoms with Crippen molar-refractivity contribution in [2.45, 2.75) is 6.18 Å². The summed E-state index contributed by atoms with van der Waals surface area (Å²) in [6, 6.07) is 8.51. The molecule has 1 aromatic heterocycles. The number of hydrogen-bond acceptors (Lipinski definition) is 5. The number of nitrogens with one attached hydrogen (secondary N) is 2. The van der Waals surface area contributed by atoms with Crippen LogP contribution in [0, 0.1) is 11.3 Å². The number of nitriles is 1. The second-order valence-electron chi connectivity index (χ2n) is 3.99. The van der Waals surface area contributed by atoms with Crippen molar-refractivity contribution in [3.05, 3.63) is 41.6 Å². The quantitative estimate of drug-likeness (QED) is 0.909. The molecule has 0 saturated heterocycles. The van der Waals surface area contributed by atoms with Crippen LogP contribution in [0.2, 0.25) is 0 Å². The van der Waals surface area contributed by atoms with Crippen LogP contribution in [0.25, 0.3) is 0 Å². The van der Waals surface area contributed by atoms with E-state index in [0.29, 0.717) is 17.4 Å². The Hall–Kier alpha value is -2.82. The molecular weight excluding hydrogens is 283 g/mol. The van der Waals surface area contributed by atoms with E-state index < -0.39 is 11.7 Å². The van der Waals surface area contributed by atoms with Gasteiger partial charge in [-0.05, 0) is 12.1 Å². The van der Waals surface area contributed by atoms with Crippen LogP contribution in [0.3, 0.4) is 0 Å². The van der Waals surface area contributed by atoms with Gasteiger partial charge in [0, 0.05) is 13.2 Å². The smallest absolute Gasteiger partial charge is 0.372 e. The SMILES string of the molecule is CNc1nc(Nc2ccccc2C#N)ncc1C(F)(F)F. The Labute approximate surface area is 118 Å². The first-order chi connectivity index (χ1) is 9.95. The molecule has 0 fully saturated rings. The monoisotopic (exact) mass is 293 g/mol. The lowest BCUT2D eigenvalue weighted by atomic mass is 10.2. The number of nitrogens with zero attached hydrogens (tertiary/aromatic N) is 3. The van der Waals surface area contributed by atoms with E-state index in [-0.39, 0.29) is 11.8 Å². The van der Waals surface area contributed by atoms with Crippen molar-refractivity contribution >= 4 is 17.5 Å². The van der Waals surface area contributed by atoms with E-state index >= 15 is 0 Å². The van der Waals surface area contributed by atoms with Gasteiger partial charge in [-0.2, -0.15) is 23.4 Å². The van der Waals surface area contributed by atoms with Crippen molar-refractivity contribution in [3.8, 4) is 6.07 Å². The maximum atomic E-state index is 12.7. The first-order valence-corrected chi connectivity index (χ1v) is 5.84. The van der Waals surface area contributed by atoms with Crippen molar-refractivity contribution in [1.29, 1.82) is 5.26 Å². The molecule has 0 aliphatic heterocycles. The maximum Gasteiger partial charge on any atom is 0.421 e. The van der Waals surface area contributed by atoms with Gasteiger partial charge in [-0.15, -0.1) is 0 Å². The van der Waals surface area contributed by atoms with Crippen LogP contribution in [0.1, 0.15) is 11.1 Å². The molecule has 0 radical (unpaired) electrons. The lowest BCUT2D eigenvalue weighted by Crippen LogP contribution is -2.12. The second kappa shape index (κ2) is 5.66. The van der Waals surface area contributed by atoms with E-state index in [4.69, 9.17) is 5.26 Å². The Morgan fingerprint density at radius 2 is 1.95 bits per heavy atom. The highest BCUT2D eigenvalue weighted by Crippen LogP contribution is 2.33. The standard InChI is InChI=1S/C13H10F3N5/c1-18-11-9(13(14,15)16)7-19-12(21-11)20-10-5-3-2-4-8(10)6-17/h2-5,7H,1H3,(H2,18,19,20,21). The lowest BCUT2D eigenvalue weighted by Gasteiger charge is -2.13. The summed E-state index contributed by atoms with van der Waals surface area (Å²) in [6.45, 7) is 0. The number of benzene rings is 1. The minimum atomic E-state index is -4.54. The van der Waals surface area contributed by atoms with E-state index in [0.717, 1.165) is 0 Å². The van der Waals surface area contributed by atoms with Crippen LogP contribution in [0.4, 0.5) is 30.6 Å². The Kier molecular flexibility index (Phi) is 3.93. The summed E-state index contributed by atoms with van der Waals surface area (Å²) in [7, 11) is 1.34. The summed E-state index contributed by atoms with van der Waals surface area (Å²) in [4.78, 5) is 7.40. The molecule has 0 bridgehead atoms. The highest BCUT2D eigenvalue weighted by molar-refractivity contribution is 5.63. The molecular formula is C13H10F3N5. The van der Waals surface area contributed by atoms with Crippen molar-refractivity contribution in [1.82, 2.24) is 9.97 Å². The Morgan fingerprint density at radius 1 is 1.24 bits per heavy atom. The van der Waals surface area contributed by atoms with Gasteiger partial charge in [0.05, 0.1) is 11.3 Å². The molecule has 21 heavy (non-hydrogen) atoms. The summed E-state index contributed by atoms with van der Waals surface area (Å²) < 4.78 is 38.2. The van der Waals surface area contributed by atoms with E-state index in [1.807, 2.05) is 6.07 Å². The molecule has 0 amide bonds. The van der Waals surface area contributed by atoms with Gasteiger partial charge in [-0.3, -0.25) is 0 Å². The molecule has 2 N–H and O–H groups in total. The van der Waals surface area contributed by atoms with Crippen molar-refractivity contribution in [3.63, 3.8) is 0 Å². The van der Waals surface area contributed by atoms with Crippen LogP contribution in [0.15, 0.2) is 30.5 Å². The van der Waals surface area contributed by atoms with E-state index in [2.05, 4.69) is 20.6 Å². The molecule has 5 nitrogen and oxygen atoms in total. The van der Waals surface area contributed by atoms with Crippen LogP contribution >= 0.6 is 0 Å². The van der Waals surface area contributed by atoms with Crippen LogP contribution in [-0.2, 0) is 6.18 Å². The van der Waals surface area contributed by atoms with E-state index in [1.165, 1.54) is 7.05 Å². The third kappa shape index (κ3) is 3.20. The molecule has 2 aromatic rings. The minimum Gasteiger partial charge on any atom is -0.372 e. The molecule has 0 spiro atoms. The number of para-hydroxylation sites is 1. The van der Waals surface area contributed by atoms with Gasteiger partial charge < -0.3 is 10.6 Å². The molecule has 0 atom stereocenters. The minimum absolute atomic E-state index is 0.0324. The fraction of sp³-hybridized carbons (Fsp3) is 0.154. The van der Waals surface area contributed by atoms with Gasteiger partial charge in [0.15, 0.2) is 0 Å². The molecule has 1 aromatic carbocycles. The van der Waals surface area contributed by atoms with Crippen LogP contribution in [0.5, 0.6) is 0 Å². The predicted octanol–water partition coefficient (Wildman–Crippen LogP) is 3.15. The third-order valence-electron chi connectivity index (χ3n) is 2.62. The average molecular weight is 293 g/mol. The predicted molar refractivity (Wildman–Crippen MR) is 71.0 cm³/mol. The molecule has 0 aliphatic carbocycles. The summed E-state index contributed by atoms with van der Waals surface area (Å²) >= 11 is 0. The molecule has 0 unspecified atom stereocenters. The fourth-order valence-electron chi connectivity index (χ4n) is 1.65. The van der Waals surface area contributed by atoms with Gasteiger partial charge in [0.25, 0.3) is 0 Å². The summed E-state index contributed by atoms with van der Waals surface area (Å²) in [5.41, 5.74) is -0.196. The molecule has 8 heteroatoms. The topological polar surface area (TPSA) is 73.6 Å². The highest BCUT2D eigenvalue weighted by Gasteiger charge is 2.35. The number of hydrogen-bond donors (Lipinski definition) is 2. The molecule has 0 saturated carbocycles. The molecule has 2 rings (SSSR count). The Bertz CT molecular complexity index is 691. The number of rotatable bonds is 3. The number of aromatic nitrogens is 2. The number of halogens is 3. The maximum absolute atomic E-state index is 12.7. The van der Waals surface area contributed by atoms with Crippen LogP contribution in [-0.4, -0.2) is 17.0 Å². The van der Waals surface area contributed by atoms with E-state index in [9.17, 15) is 13.2 Å². The number of alkyl halides is 3. The Balaban J connectivity index is 2.37. The zero-order valence-corrected chi connectivity index (χ0v) is 10.9.